The maximum absolute atomic E-state index is 10.6. The topological polar surface area (TPSA) is 93.8 Å². The predicted octanol–water partition coefficient (Wildman–Crippen LogP) is 0.128. The van der Waals surface area contributed by atoms with Gasteiger partial charge >= 0.3 is 5.97 Å². The zero-order chi connectivity index (χ0) is 11.5. The Balaban J connectivity index is 2.40. The van der Waals surface area contributed by atoms with Crippen molar-refractivity contribution in [1.82, 2.24) is 25.2 Å². The summed E-state index contributed by atoms with van der Waals surface area (Å²) in [6, 6.07) is 3.53. The zero-order valence-corrected chi connectivity index (χ0v) is 8.53. The number of aromatic nitrogens is 5. The summed E-state index contributed by atoms with van der Waals surface area (Å²) < 4.78 is 1.23. The summed E-state index contributed by atoms with van der Waals surface area (Å²) >= 11 is 0. The van der Waals surface area contributed by atoms with Crippen LogP contribution in [0, 0.1) is 6.92 Å². The van der Waals surface area contributed by atoms with Gasteiger partial charge in [0.1, 0.15) is 6.54 Å². The standard InChI is InChI=1S/C9H9N5O2/c1-6-4-7(2-3-10-6)9-11-12-13-14(9)5-8(15)16/h2-4H,5H2,1H3,(H,15,16). The maximum Gasteiger partial charge on any atom is 0.325 e. The second kappa shape index (κ2) is 4.05. The number of hydrogen-bond acceptors (Lipinski definition) is 5. The van der Waals surface area contributed by atoms with E-state index in [1.807, 2.05) is 6.92 Å². The van der Waals surface area contributed by atoms with Gasteiger partial charge in [-0.2, -0.15) is 0 Å². The van der Waals surface area contributed by atoms with Gasteiger partial charge in [0.25, 0.3) is 0 Å². The molecule has 0 aromatic carbocycles. The number of rotatable bonds is 3. The first-order chi connectivity index (χ1) is 7.66. The molecule has 2 aromatic heterocycles. The van der Waals surface area contributed by atoms with Crippen molar-refractivity contribution in [2.45, 2.75) is 13.5 Å². The first kappa shape index (κ1) is 10.2. The summed E-state index contributed by atoms with van der Waals surface area (Å²) in [5.41, 5.74) is 1.57. The molecule has 0 aliphatic carbocycles. The Morgan fingerprint density at radius 3 is 3.06 bits per heavy atom. The summed E-state index contributed by atoms with van der Waals surface area (Å²) in [6.45, 7) is 1.58. The Hall–Kier alpha value is -2.31. The minimum atomic E-state index is -0.987. The number of pyridine rings is 1. The lowest BCUT2D eigenvalue weighted by Gasteiger charge is -2.01. The van der Waals surface area contributed by atoms with Crippen LogP contribution in [0.5, 0.6) is 0 Å². The van der Waals surface area contributed by atoms with Gasteiger partial charge in [-0.1, -0.05) is 0 Å². The largest absolute Gasteiger partial charge is 0.480 e. The molecule has 1 N–H and O–H groups in total. The Morgan fingerprint density at radius 1 is 1.56 bits per heavy atom. The number of aryl methyl sites for hydroxylation is 1. The van der Waals surface area contributed by atoms with Crippen molar-refractivity contribution in [3.63, 3.8) is 0 Å². The van der Waals surface area contributed by atoms with Crippen molar-refractivity contribution in [3.8, 4) is 11.4 Å². The quantitative estimate of drug-likeness (QED) is 0.788. The molecule has 2 aromatic rings. The smallest absolute Gasteiger partial charge is 0.325 e. The number of carboxylic acids is 1. The first-order valence-corrected chi connectivity index (χ1v) is 4.58. The minimum Gasteiger partial charge on any atom is -0.480 e. The van der Waals surface area contributed by atoms with E-state index in [0.717, 1.165) is 11.3 Å². The zero-order valence-electron chi connectivity index (χ0n) is 8.53. The molecule has 82 valence electrons. The van der Waals surface area contributed by atoms with Crippen molar-refractivity contribution in [1.29, 1.82) is 0 Å². The van der Waals surface area contributed by atoms with Crippen LogP contribution < -0.4 is 0 Å². The highest BCUT2D eigenvalue weighted by molar-refractivity contribution is 5.67. The second-order valence-electron chi connectivity index (χ2n) is 3.24. The van der Waals surface area contributed by atoms with Gasteiger partial charge in [-0.25, -0.2) is 4.68 Å². The van der Waals surface area contributed by atoms with Gasteiger partial charge in [0.15, 0.2) is 5.82 Å². The molecule has 0 radical (unpaired) electrons. The normalized spacial score (nSPS) is 10.3. The average molecular weight is 219 g/mol. The first-order valence-electron chi connectivity index (χ1n) is 4.58. The molecule has 0 fully saturated rings. The molecule has 0 saturated heterocycles. The SMILES string of the molecule is Cc1cc(-c2nnnn2CC(=O)O)ccn1. The van der Waals surface area contributed by atoms with Crippen molar-refractivity contribution in [2.75, 3.05) is 0 Å². The summed E-state index contributed by atoms with van der Waals surface area (Å²) in [7, 11) is 0. The number of aliphatic carboxylic acids is 1. The number of carboxylic acid groups (broad SMARTS) is 1. The number of carbonyl (C=O) groups is 1. The minimum absolute atomic E-state index is 0.260. The van der Waals surface area contributed by atoms with Crippen LogP contribution in [0.2, 0.25) is 0 Å². The van der Waals surface area contributed by atoms with E-state index < -0.39 is 5.97 Å². The van der Waals surface area contributed by atoms with E-state index in [9.17, 15) is 4.79 Å². The Labute approximate surface area is 90.7 Å². The molecule has 0 saturated carbocycles. The molecular formula is C9H9N5O2. The fourth-order valence-corrected chi connectivity index (χ4v) is 1.33. The fourth-order valence-electron chi connectivity index (χ4n) is 1.33. The third-order valence-electron chi connectivity index (χ3n) is 1.97. The molecule has 0 amide bonds. The number of nitrogens with zero attached hydrogens (tertiary/aromatic N) is 5. The molecule has 2 heterocycles. The predicted molar refractivity (Wildman–Crippen MR) is 53.4 cm³/mol. The lowest BCUT2D eigenvalue weighted by Crippen LogP contribution is -2.11. The second-order valence-corrected chi connectivity index (χ2v) is 3.24. The molecule has 16 heavy (non-hydrogen) atoms. The van der Waals surface area contributed by atoms with Crippen LogP contribution in [-0.4, -0.2) is 36.3 Å². The summed E-state index contributed by atoms with van der Waals surface area (Å²) in [6.07, 6.45) is 1.63. The molecular weight excluding hydrogens is 210 g/mol. The molecule has 0 aliphatic heterocycles. The highest BCUT2D eigenvalue weighted by Gasteiger charge is 2.11. The van der Waals surface area contributed by atoms with E-state index in [1.54, 1.807) is 18.3 Å². The van der Waals surface area contributed by atoms with Crippen LogP contribution in [-0.2, 0) is 11.3 Å². The third kappa shape index (κ3) is 2.02. The van der Waals surface area contributed by atoms with Crippen molar-refractivity contribution in [3.05, 3.63) is 24.0 Å². The molecule has 0 bridgehead atoms. The number of hydrogen-bond donors (Lipinski definition) is 1. The van der Waals surface area contributed by atoms with Crippen LogP contribution in [0.3, 0.4) is 0 Å². The molecule has 0 spiro atoms. The van der Waals surface area contributed by atoms with Gasteiger partial charge in [-0.05, 0) is 29.5 Å². The van der Waals surface area contributed by atoms with E-state index in [1.165, 1.54) is 4.68 Å². The van der Waals surface area contributed by atoms with E-state index in [-0.39, 0.29) is 6.54 Å². The summed E-state index contributed by atoms with van der Waals surface area (Å²) in [5.74, 6) is -0.563. The average Bonchev–Trinajstić information content (AvgIpc) is 2.65. The third-order valence-corrected chi connectivity index (χ3v) is 1.97. The Morgan fingerprint density at radius 2 is 2.38 bits per heavy atom. The molecule has 7 nitrogen and oxygen atoms in total. The summed E-state index contributed by atoms with van der Waals surface area (Å²) in [4.78, 5) is 14.6. The monoisotopic (exact) mass is 219 g/mol. The molecule has 0 atom stereocenters. The van der Waals surface area contributed by atoms with Crippen LogP contribution in [0.4, 0.5) is 0 Å². The van der Waals surface area contributed by atoms with Crippen molar-refractivity contribution in [2.24, 2.45) is 0 Å². The molecule has 0 aliphatic rings. The van der Waals surface area contributed by atoms with Crippen LogP contribution in [0.1, 0.15) is 5.69 Å². The highest BCUT2D eigenvalue weighted by atomic mass is 16.4. The van der Waals surface area contributed by atoms with E-state index in [4.69, 9.17) is 5.11 Å². The Bertz CT molecular complexity index is 522. The lowest BCUT2D eigenvalue weighted by molar-refractivity contribution is -0.137. The highest BCUT2D eigenvalue weighted by Crippen LogP contribution is 2.15. The van der Waals surface area contributed by atoms with E-state index in [2.05, 4.69) is 20.5 Å². The van der Waals surface area contributed by atoms with Gasteiger partial charge in [-0.15, -0.1) is 5.10 Å². The molecule has 0 unspecified atom stereocenters. The van der Waals surface area contributed by atoms with Gasteiger partial charge < -0.3 is 5.11 Å². The fraction of sp³-hybridized carbons (Fsp3) is 0.222. The lowest BCUT2D eigenvalue weighted by atomic mass is 10.2. The van der Waals surface area contributed by atoms with Crippen LogP contribution in [0.15, 0.2) is 18.3 Å². The molecule has 2 rings (SSSR count). The van der Waals surface area contributed by atoms with Gasteiger partial charge in [-0.3, -0.25) is 9.78 Å². The number of tetrazole rings is 1. The summed E-state index contributed by atoms with van der Waals surface area (Å²) in [5, 5.41) is 19.6. The van der Waals surface area contributed by atoms with E-state index in [0.29, 0.717) is 5.82 Å². The van der Waals surface area contributed by atoms with Gasteiger partial charge in [0, 0.05) is 17.5 Å². The van der Waals surface area contributed by atoms with Gasteiger partial charge in [0.2, 0.25) is 0 Å². The van der Waals surface area contributed by atoms with Gasteiger partial charge in [0.05, 0.1) is 0 Å². The van der Waals surface area contributed by atoms with E-state index >= 15 is 0 Å². The Kier molecular flexibility index (Phi) is 2.59. The van der Waals surface area contributed by atoms with Crippen molar-refractivity contribution < 1.29 is 9.90 Å². The molecule has 7 heteroatoms. The van der Waals surface area contributed by atoms with Crippen molar-refractivity contribution >= 4 is 5.97 Å². The van der Waals surface area contributed by atoms with Crippen LogP contribution >= 0.6 is 0 Å². The van der Waals surface area contributed by atoms with Crippen LogP contribution in [0.25, 0.3) is 11.4 Å². The maximum atomic E-state index is 10.6.